The lowest BCUT2D eigenvalue weighted by Gasteiger charge is -2.00. The van der Waals surface area contributed by atoms with Crippen LogP contribution >= 0.6 is 34.7 Å². The third kappa shape index (κ3) is 3.18. The van der Waals surface area contributed by atoms with Gasteiger partial charge in [0.05, 0.1) is 12.4 Å². The first kappa shape index (κ1) is 11.9. The summed E-state index contributed by atoms with van der Waals surface area (Å²) < 4.78 is 0.478. The van der Waals surface area contributed by atoms with Crippen molar-refractivity contribution in [2.75, 3.05) is 0 Å². The second kappa shape index (κ2) is 5.63. The molecule has 0 bridgehead atoms. The molecule has 1 N–H and O–H groups in total. The van der Waals surface area contributed by atoms with Gasteiger partial charge in [0.15, 0.2) is 0 Å². The summed E-state index contributed by atoms with van der Waals surface area (Å²) in [5, 5.41) is 17.5. The summed E-state index contributed by atoms with van der Waals surface area (Å²) >= 11 is 8.76. The van der Waals surface area contributed by atoms with E-state index in [-0.39, 0.29) is 6.61 Å². The Morgan fingerprint density at radius 3 is 2.56 bits per heavy atom. The molecule has 0 radical (unpaired) electrons. The summed E-state index contributed by atoms with van der Waals surface area (Å²) in [7, 11) is 0. The zero-order chi connectivity index (χ0) is 11.4. The lowest BCUT2D eigenvalue weighted by atomic mass is 10.2. The average molecular weight is 273 g/mol. The van der Waals surface area contributed by atoms with Gasteiger partial charge >= 0.3 is 0 Å². The van der Waals surface area contributed by atoms with Crippen LogP contribution in [-0.4, -0.2) is 15.3 Å². The summed E-state index contributed by atoms with van der Waals surface area (Å²) in [6, 6.07) is 7.79. The number of benzene rings is 1. The van der Waals surface area contributed by atoms with Gasteiger partial charge in [-0.1, -0.05) is 23.5 Å². The number of rotatable bonds is 4. The highest BCUT2D eigenvalue weighted by atomic mass is 35.5. The maximum atomic E-state index is 8.90. The molecule has 0 spiro atoms. The van der Waals surface area contributed by atoms with E-state index in [9.17, 15) is 0 Å². The number of hydrogen-bond donors (Lipinski definition) is 1. The molecule has 6 heteroatoms. The van der Waals surface area contributed by atoms with Crippen molar-refractivity contribution in [1.29, 1.82) is 0 Å². The van der Waals surface area contributed by atoms with E-state index in [0.29, 0.717) is 4.47 Å². The van der Waals surface area contributed by atoms with Crippen LogP contribution in [0.1, 0.15) is 10.6 Å². The molecule has 2 aromatic rings. The van der Waals surface area contributed by atoms with Gasteiger partial charge in [0.2, 0.25) is 4.47 Å². The number of nitrogens with zero attached hydrogens (tertiary/aromatic N) is 2. The highest BCUT2D eigenvalue weighted by Crippen LogP contribution is 2.25. The van der Waals surface area contributed by atoms with Crippen LogP contribution in [-0.2, 0) is 12.4 Å². The van der Waals surface area contributed by atoms with Crippen LogP contribution in [0.5, 0.6) is 0 Å². The van der Waals surface area contributed by atoms with E-state index < -0.39 is 0 Å². The van der Waals surface area contributed by atoms with Crippen LogP contribution in [0, 0.1) is 0 Å². The quantitative estimate of drug-likeness (QED) is 0.869. The van der Waals surface area contributed by atoms with E-state index in [1.165, 1.54) is 11.3 Å². The number of halogens is 1. The second-order valence-corrected chi connectivity index (χ2v) is 5.73. The van der Waals surface area contributed by atoms with Crippen LogP contribution in [0.4, 0.5) is 0 Å². The minimum absolute atomic E-state index is 0.0803. The molecule has 2 rings (SSSR count). The van der Waals surface area contributed by atoms with Crippen LogP contribution in [0.2, 0.25) is 4.47 Å². The summed E-state index contributed by atoms with van der Waals surface area (Å²) in [6.07, 6.45) is 0. The third-order valence-corrected chi connectivity index (χ3v) is 4.14. The zero-order valence-corrected chi connectivity index (χ0v) is 10.6. The first-order valence-electron chi connectivity index (χ1n) is 4.58. The minimum atomic E-state index is 0.0803. The van der Waals surface area contributed by atoms with Crippen molar-refractivity contribution >= 4 is 34.7 Å². The van der Waals surface area contributed by atoms with Gasteiger partial charge in [-0.05, 0) is 29.3 Å². The number of thioether (sulfide) groups is 1. The largest absolute Gasteiger partial charge is 0.392 e. The number of aliphatic hydroxyl groups is 1. The zero-order valence-electron chi connectivity index (χ0n) is 8.26. The fraction of sp³-hybridized carbons (Fsp3) is 0.200. The minimum Gasteiger partial charge on any atom is -0.392 e. The molecule has 0 unspecified atom stereocenters. The monoisotopic (exact) mass is 272 g/mol. The molecule has 0 atom stereocenters. The van der Waals surface area contributed by atoms with Crippen molar-refractivity contribution in [2.24, 2.45) is 0 Å². The van der Waals surface area contributed by atoms with Gasteiger partial charge in [-0.2, -0.15) is 0 Å². The normalized spacial score (nSPS) is 10.6. The van der Waals surface area contributed by atoms with E-state index in [1.807, 2.05) is 24.3 Å². The summed E-state index contributed by atoms with van der Waals surface area (Å²) in [6.45, 7) is 0.0803. The molecule has 0 fully saturated rings. The molecule has 0 aliphatic carbocycles. The van der Waals surface area contributed by atoms with Gasteiger partial charge in [0.25, 0.3) is 0 Å². The smallest absolute Gasteiger partial charge is 0.207 e. The van der Waals surface area contributed by atoms with Gasteiger partial charge in [-0.25, -0.2) is 0 Å². The Morgan fingerprint density at radius 1 is 1.25 bits per heavy atom. The van der Waals surface area contributed by atoms with Crippen LogP contribution in [0.15, 0.2) is 29.2 Å². The van der Waals surface area contributed by atoms with Crippen LogP contribution in [0.3, 0.4) is 0 Å². The Labute approximate surface area is 106 Å². The Balaban J connectivity index is 1.94. The first-order chi connectivity index (χ1) is 7.78. The molecule has 84 valence electrons. The molecule has 0 aliphatic heterocycles. The number of hydrogen-bond acceptors (Lipinski definition) is 5. The van der Waals surface area contributed by atoms with Crippen LogP contribution < -0.4 is 0 Å². The standard InChI is InChI=1S/C10H9ClN2OS2/c11-10-13-12-9(16-10)6-15-8-3-1-7(5-14)2-4-8/h1-4,14H,5-6H2. The Bertz CT molecular complexity index is 458. The Morgan fingerprint density at radius 2 is 2.00 bits per heavy atom. The van der Waals surface area contributed by atoms with E-state index in [1.54, 1.807) is 11.8 Å². The molecule has 0 aliphatic rings. The summed E-state index contributed by atoms with van der Waals surface area (Å²) in [5.41, 5.74) is 0.920. The highest BCUT2D eigenvalue weighted by Gasteiger charge is 2.02. The van der Waals surface area contributed by atoms with Crippen molar-refractivity contribution in [3.8, 4) is 0 Å². The SMILES string of the molecule is OCc1ccc(SCc2nnc(Cl)s2)cc1. The first-order valence-corrected chi connectivity index (χ1v) is 6.76. The van der Waals surface area contributed by atoms with Crippen molar-refractivity contribution in [3.05, 3.63) is 39.3 Å². The lowest BCUT2D eigenvalue weighted by molar-refractivity contribution is 0.282. The van der Waals surface area contributed by atoms with Crippen molar-refractivity contribution < 1.29 is 5.11 Å². The maximum Gasteiger partial charge on any atom is 0.207 e. The van der Waals surface area contributed by atoms with Crippen molar-refractivity contribution in [2.45, 2.75) is 17.3 Å². The molecular formula is C10H9ClN2OS2. The average Bonchev–Trinajstić information content (AvgIpc) is 2.73. The van der Waals surface area contributed by atoms with E-state index >= 15 is 0 Å². The highest BCUT2D eigenvalue weighted by molar-refractivity contribution is 7.98. The molecule has 1 aromatic heterocycles. The predicted molar refractivity (Wildman–Crippen MR) is 66.8 cm³/mol. The van der Waals surface area contributed by atoms with Crippen molar-refractivity contribution in [3.63, 3.8) is 0 Å². The van der Waals surface area contributed by atoms with E-state index in [2.05, 4.69) is 10.2 Å². The molecule has 1 heterocycles. The molecular weight excluding hydrogens is 264 g/mol. The second-order valence-electron chi connectivity index (χ2n) is 3.04. The summed E-state index contributed by atoms with van der Waals surface area (Å²) in [5.74, 6) is 0.767. The molecule has 0 amide bonds. The van der Waals surface area contributed by atoms with E-state index in [4.69, 9.17) is 16.7 Å². The molecule has 16 heavy (non-hydrogen) atoms. The Hall–Kier alpha value is -0.620. The van der Waals surface area contributed by atoms with Gasteiger partial charge in [0, 0.05) is 4.90 Å². The van der Waals surface area contributed by atoms with Crippen molar-refractivity contribution in [1.82, 2.24) is 10.2 Å². The fourth-order valence-corrected chi connectivity index (χ4v) is 2.88. The van der Waals surface area contributed by atoms with Gasteiger partial charge < -0.3 is 5.11 Å². The lowest BCUT2D eigenvalue weighted by Crippen LogP contribution is -1.83. The predicted octanol–water partition coefficient (Wildman–Crippen LogP) is 2.98. The number of aliphatic hydroxyl groups excluding tert-OH is 1. The summed E-state index contributed by atoms with van der Waals surface area (Å²) in [4.78, 5) is 1.14. The third-order valence-electron chi connectivity index (χ3n) is 1.91. The fourth-order valence-electron chi connectivity index (χ4n) is 1.13. The van der Waals surface area contributed by atoms with Gasteiger partial charge in [0.1, 0.15) is 5.01 Å². The van der Waals surface area contributed by atoms with Gasteiger partial charge in [-0.15, -0.1) is 22.0 Å². The molecule has 0 saturated heterocycles. The molecule has 0 saturated carbocycles. The van der Waals surface area contributed by atoms with Crippen LogP contribution in [0.25, 0.3) is 0 Å². The Kier molecular flexibility index (Phi) is 4.17. The van der Waals surface area contributed by atoms with E-state index in [0.717, 1.165) is 21.2 Å². The topological polar surface area (TPSA) is 46.0 Å². The molecule has 3 nitrogen and oxygen atoms in total. The number of aromatic nitrogens is 2. The van der Waals surface area contributed by atoms with Gasteiger partial charge in [-0.3, -0.25) is 0 Å². The maximum absolute atomic E-state index is 8.90. The molecule has 1 aromatic carbocycles.